The second-order valence-electron chi connectivity index (χ2n) is 9.82. The van der Waals surface area contributed by atoms with Crippen molar-refractivity contribution in [2.75, 3.05) is 19.6 Å². The van der Waals surface area contributed by atoms with Crippen molar-refractivity contribution >= 4 is 5.78 Å². The summed E-state index contributed by atoms with van der Waals surface area (Å²) in [4.78, 5) is 15.2. The normalized spacial score (nSPS) is 25.1. The molecule has 2 unspecified atom stereocenters. The first-order chi connectivity index (χ1) is 15.5. The molecule has 2 fully saturated rings. The van der Waals surface area contributed by atoms with Gasteiger partial charge in [0, 0.05) is 25.1 Å². The van der Waals surface area contributed by atoms with E-state index in [0.29, 0.717) is 18.4 Å². The van der Waals surface area contributed by atoms with Crippen molar-refractivity contribution in [2.45, 2.75) is 31.8 Å². The number of carbonyl (C=O) groups excluding carboxylic acids is 1. The van der Waals surface area contributed by atoms with E-state index in [1.165, 1.54) is 16.7 Å². The van der Waals surface area contributed by atoms with Gasteiger partial charge in [0.25, 0.3) is 0 Å². The van der Waals surface area contributed by atoms with E-state index in [1.807, 2.05) is 42.5 Å². The molecule has 2 atom stereocenters. The number of aliphatic hydroxyl groups is 1. The van der Waals surface area contributed by atoms with Gasteiger partial charge in [-0.15, -0.1) is 0 Å². The zero-order chi connectivity index (χ0) is 22.1. The molecule has 1 heterocycles. The van der Waals surface area contributed by atoms with E-state index >= 15 is 0 Å². The van der Waals surface area contributed by atoms with Crippen LogP contribution in [0.5, 0.6) is 0 Å². The van der Waals surface area contributed by atoms with Crippen molar-refractivity contribution in [3.05, 3.63) is 95.6 Å². The molecule has 3 aromatic carbocycles. The van der Waals surface area contributed by atoms with Crippen LogP contribution >= 0.6 is 0 Å². The molecule has 0 aromatic heterocycles. The highest BCUT2D eigenvalue weighted by Gasteiger charge is 2.48. The van der Waals surface area contributed by atoms with Gasteiger partial charge in [-0.25, -0.2) is 0 Å². The Morgan fingerprint density at radius 3 is 2.19 bits per heavy atom. The third-order valence-electron chi connectivity index (χ3n) is 7.34. The Bertz CT molecular complexity index is 1080. The number of rotatable bonds is 6. The monoisotopic (exact) mass is 425 g/mol. The van der Waals surface area contributed by atoms with Gasteiger partial charge < -0.3 is 5.11 Å². The Labute approximate surface area is 190 Å². The minimum atomic E-state index is -0.599. The number of nitrogens with zero attached hydrogens (tertiary/aromatic N) is 1. The van der Waals surface area contributed by atoms with E-state index < -0.39 is 5.60 Å². The SMILES string of the molecule is Cc1ccccc1-c1ccc(C(=O)CN2CC3CC(O)(Cc4ccccc4)CC3C2)cc1. The predicted molar refractivity (Wildman–Crippen MR) is 129 cm³/mol. The van der Waals surface area contributed by atoms with Crippen LogP contribution in [-0.2, 0) is 6.42 Å². The van der Waals surface area contributed by atoms with E-state index in [4.69, 9.17) is 0 Å². The molecule has 1 N–H and O–H groups in total. The molecule has 3 nitrogen and oxygen atoms in total. The fraction of sp³-hybridized carbons (Fsp3) is 0.345. The Morgan fingerprint density at radius 1 is 0.906 bits per heavy atom. The van der Waals surface area contributed by atoms with Gasteiger partial charge in [-0.2, -0.15) is 0 Å². The number of carbonyl (C=O) groups is 1. The fourth-order valence-corrected chi connectivity index (χ4v) is 5.83. The lowest BCUT2D eigenvalue weighted by atomic mass is 9.91. The summed E-state index contributed by atoms with van der Waals surface area (Å²) in [5.74, 6) is 1.15. The maximum Gasteiger partial charge on any atom is 0.176 e. The largest absolute Gasteiger partial charge is 0.390 e. The molecule has 32 heavy (non-hydrogen) atoms. The molecule has 164 valence electrons. The molecule has 1 saturated heterocycles. The van der Waals surface area contributed by atoms with Crippen molar-refractivity contribution in [1.82, 2.24) is 4.90 Å². The Kier molecular flexibility index (Phi) is 5.71. The van der Waals surface area contributed by atoms with Crippen molar-refractivity contribution in [3.8, 4) is 11.1 Å². The van der Waals surface area contributed by atoms with Crippen molar-refractivity contribution < 1.29 is 9.90 Å². The summed E-state index contributed by atoms with van der Waals surface area (Å²) in [6, 6.07) is 26.6. The number of fused-ring (bicyclic) bond motifs is 1. The van der Waals surface area contributed by atoms with E-state index in [-0.39, 0.29) is 5.78 Å². The maximum atomic E-state index is 12.9. The topological polar surface area (TPSA) is 40.5 Å². The van der Waals surface area contributed by atoms with Crippen LogP contribution in [0.1, 0.15) is 34.3 Å². The molecule has 1 aliphatic heterocycles. The van der Waals surface area contributed by atoms with Gasteiger partial charge in [0.05, 0.1) is 12.1 Å². The summed E-state index contributed by atoms with van der Waals surface area (Å²) >= 11 is 0. The van der Waals surface area contributed by atoms with Crippen LogP contribution < -0.4 is 0 Å². The lowest BCUT2D eigenvalue weighted by molar-refractivity contribution is 0.0355. The summed E-state index contributed by atoms with van der Waals surface area (Å²) in [5.41, 5.74) is 4.98. The summed E-state index contributed by atoms with van der Waals surface area (Å²) in [7, 11) is 0. The Morgan fingerprint density at radius 2 is 1.53 bits per heavy atom. The first-order valence-corrected chi connectivity index (χ1v) is 11.7. The van der Waals surface area contributed by atoms with Crippen LogP contribution in [0, 0.1) is 18.8 Å². The van der Waals surface area contributed by atoms with Gasteiger partial charge in [0.15, 0.2) is 5.78 Å². The molecule has 5 rings (SSSR count). The van der Waals surface area contributed by atoms with E-state index in [0.717, 1.165) is 43.5 Å². The maximum absolute atomic E-state index is 12.9. The third kappa shape index (κ3) is 4.41. The Hall–Kier alpha value is -2.75. The van der Waals surface area contributed by atoms with Crippen LogP contribution in [0.15, 0.2) is 78.9 Å². The minimum Gasteiger partial charge on any atom is -0.390 e. The number of ketones is 1. The summed E-state index contributed by atoms with van der Waals surface area (Å²) in [5, 5.41) is 11.2. The molecular weight excluding hydrogens is 394 g/mol. The van der Waals surface area contributed by atoms with Crippen LogP contribution in [0.25, 0.3) is 11.1 Å². The predicted octanol–water partition coefficient (Wildman–Crippen LogP) is 5.16. The number of Topliss-reactive ketones (excluding diaryl/α,β-unsaturated/α-hetero) is 1. The summed E-state index contributed by atoms with van der Waals surface area (Å²) in [6.07, 6.45) is 2.40. The number of aryl methyl sites for hydroxylation is 1. The third-order valence-corrected chi connectivity index (χ3v) is 7.34. The molecule has 0 amide bonds. The second kappa shape index (κ2) is 8.65. The van der Waals surface area contributed by atoms with Gasteiger partial charge in [0.2, 0.25) is 0 Å². The van der Waals surface area contributed by atoms with E-state index in [1.54, 1.807) is 0 Å². The molecule has 3 heteroatoms. The minimum absolute atomic E-state index is 0.181. The lowest BCUT2D eigenvalue weighted by Crippen LogP contribution is -2.34. The zero-order valence-corrected chi connectivity index (χ0v) is 18.7. The van der Waals surface area contributed by atoms with E-state index in [9.17, 15) is 9.90 Å². The van der Waals surface area contributed by atoms with Gasteiger partial charge in [0.1, 0.15) is 0 Å². The lowest BCUT2D eigenvalue weighted by Gasteiger charge is -2.26. The number of benzene rings is 3. The molecule has 1 aliphatic carbocycles. The summed E-state index contributed by atoms with van der Waals surface area (Å²) in [6.45, 7) is 4.40. The van der Waals surface area contributed by atoms with Crippen LogP contribution in [0.4, 0.5) is 0 Å². The first kappa shape index (κ1) is 21.1. The number of hydrogen-bond acceptors (Lipinski definition) is 3. The fourth-order valence-electron chi connectivity index (χ4n) is 5.83. The van der Waals surface area contributed by atoms with Gasteiger partial charge in [-0.3, -0.25) is 9.69 Å². The average Bonchev–Trinajstić information content (AvgIpc) is 3.28. The standard InChI is InChI=1S/C29H31NO2/c1-21-7-5-6-10-27(21)23-11-13-24(14-12-23)28(31)20-30-18-25-16-29(32,17-26(25)19-30)15-22-8-3-2-4-9-22/h2-14,25-26,32H,15-20H2,1H3. The average molecular weight is 426 g/mol. The molecule has 0 radical (unpaired) electrons. The van der Waals surface area contributed by atoms with Gasteiger partial charge in [-0.05, 0) is 53.9 Å². The molecule has 3 aromatic rings. The van der Waals surface area contributed by atoms with Crippen LogP contribution in [-0.4, -0.2) is 41.0 Å². The number of hydrogen-bond donors (Lipinski definition) is 1. The van der Waals surface area contributed by atoms with Crippen LogP contribution in [0.2, 0.25) is 0 Å². The highest BCUT2D eigenvalue weighted by atomic mass is 16.3. The van der Waals surface area contributed by atoms with Crippen molar-refractivity contribution in [2.24, 2.45) is 11.8 Å². The second-order valence-corrected chi connectivity index (χ2v) is 9.82. The Balaban J connectivity index is 1.17. The molecule has 0 bridgehead atoms. The van der Waals surface area contributed by atoms with E-state index in [2.05, 4.69) is 48.2 Å². The quantitative estimate of drug-likeness (QED) is 0.555. The van der Waals surface area contributed by atoms with Gasteiger partial charge in [-0.1, -0.05) is 78.9 Å². The smallest absolute Gasteiger partial charge is 0.176 e. The molecule has 1 saturated carbocycles. The van der Waals surface area contributed by atoms with Crippen LogP contribution in [0.3, 0.4) is 0 Å². The molecule has 2 aliphatic rings. The highest BCUT2D eigenvalue weighted by molar-refractivity contribution is 5.98. The molecule has 0 spiro atoms. The number of likely N-dealkylation sites (tertiary alicyclic amines) is 1. The highest BCUT2D eigenvalue weighted by Crippen LogP contribution is 2.45. The first-order valence-electron chi connectivity index (χ1n) is 11.7. The van der Waals surface area contributed by atoms with Crippen molar-refractivity contribution in [3.63, 3.8) is 0 Å². The molecular formula is C29H31NO2. The summed E-state index contributed by atoms with van der Waals surface area (Å²) < 4.78 is 0. The van der Waals surface area contributed by atoms with Crippen molar-refractivity contribution in [1.29, 1.82) is 0 Å². The zero-order valence-electron chi connectivity index (χ0n) is 18.7. The van der Waals surface area contributed by atoms with Gasteiger partial charge >= 0.3 is 0 Å².